The lowest BCUT2D eigenvalue weighted by atomic mass is 10.1. The molecule has 1 fully saturated rings. The summed E-state index contributed by atoms with van der Waals surface area (Å²) in [7, 11) is 7.26. The third kappa shape index (κ3) is 4.08. The number of hydrogen-bond donors (Lipinski definition) is 0. The van der Waals surface area contributed by atoms with Crippen LogP contribution < -0.4 is 9.47 Å². The molecule has 1 heterocycles. The van der Waals surface area contributed by atoms with Crippen molar-refractivity contribution in [3.63, 3.8) is 0 Å². The van der Waals surface area contributed by atoms with E-state index < -0.39 is 0 Å². The molecule has 0 spiro atoms. The van der Waals surface area contributed by atoms with E-state index in [9.17, 15) is 4.39 Å². The van der Waals surface area contributed by atoms with Gasteiger partial charge in [-0.3, -0.25) is 0 Å². The van der Waals surface area contributed by atoms with E-state index in [4.69, 9.17) is 9.47 Å². The van der Waals surface area contributed by atoms with Crippen molar-refractivity contribution in [3.8, 4) is 11.5 Å². The first kappa shape index (κ1) is 16.0. The fourth-order valence-electron chi connectivity index (χ4n) is 2.99. The zero-order chi connectivity index (χ0) is 15.4. The first-order valence-corrected chi connectivity index (χ1v) is 7.31. The van der Waals surface area contributed by atoms with Gasteiger partial charge in [0.2, 0.25) is 0 Å². The molecule has 0 N–H and O–H groups in total. The van der Waals surface area contributed by atoms with Crippen molar-refractivity contribution in [1.82, 2.24) is 9.80 Å². The highest BCUT2D eigenvalue weighted by Gasteiger charge is 2.21. The predicted octanol–water partition coefficient (Wildman–Crippen LogP) is 2.23. The smallest absolute Gasteiger partial charge is 0.163 e. The molecule has 2 rings (SSSR count). The van der Waals surface area contributed by atoms with Gasteiger partial charge < -0.3 is 19.3 Å². The van der Waals surface area contributed by atoms with Crippen LogP contribution in [0.2, 0.25) is 0 Å². The molecule has 1 atom stereocenters. The van der Waals surface area contributed by atoms with Gasteiger partial charge in [0.1, 0.15) is 5.82 Å². The van der Waals surface area contributed by atoms with Crippen molar-refractivity contribution in [2.75, 3.05) is 47.9 Å². The molecule has 0 bridgehead atoms. The molecule has 5 heteroatoms. The third-order valence-corrected chi connectivity index (χ3v) is 4.05. The molecule has 1 aromatic carbocycles. The monoisotopic (exact) mass is 296 g/mol. The van der Waals surface area contributed by atoms with Gasteiger partial charge in [-0.25, -0.2) is 4.39 Å². The minimum atomic E-state index is -0.247. The number of nitrogens with zero attached hydrogens (tertiary/aromatic N) is 2. The first-order valence-electron chi connectivity index (χ1n) is 7.31. The van der Waals surface area contributed by atoms with E-state index in [2.05, 4.69) is 16.8 Å². The van der Waals surface area contributed by atoms with Gasteiger partial charge in [-0.05, 0) is 39.0 Å². The second-order valence-corrected chi connectivity index (χ2v) is 5.91. The summed E-state index contributed by atoms with van der Waals surface area (Å²) in [5.41, 5.74) is 0.640. The Kier molecular flexibility index (Phi) is 5.42. The average Bonchev–Trinajstić information content (AvgIpc) is 2.85. The summed E-state index contributed by atoms with van der Waals surface area (Å²) in [6.07, 6.45) is 1.22. The quantitative estimate of drug-likeness (QED) is 0.804. The summed E-state index contributed by atoms with van der Waals surface area (Å²) in [4.78, 5) is 4.52. The van der Waals surface area contributed by atoms with Crippen molar-refractivity contribution in [3.05, 3.63) is 23.5 Å². The lowest BCUT2D eigenvalue weighted by Crippen LogP contribution is -2.27. The molecule has 1 aliphatic rings. The molecular weight excluding hydrogens is 271 g/mol. The van der Waals surface area contributed by atoms with Crippen molar-refractivity contribution in [2.45, 2.75) is 13.0 Å². The van der Waals surface area contributed by atoms with Gasteiger partial charge >= 0.3 is 0 Å². The Labute approximate surface area is 126 Å². The van der Waals surface area contributed by atoms with Crippen LogP contribution in [0.25, 0.3) is 0 Å². The van der Waals surface area contributed by atoms with Gasteiger partial charge in [-0.2, -0.15) is 0 Å². The molecule has 4 nitrogen and oxygen atoms in total. The highest BCUT2D eigenvalue weighted by Crippen LogP contribution is 2.30. The van der Waals surface area contributed by atoms with Crippen molar-refractivity contribution in [1.29, 1.82) is 0 Å². The Morgan fingerprint density at radius 3 is 2.52 bits per heavy atom. The fraction of sp³-hybridized carbons (Fsp3) is 0.625. The van der Waals surface area contributed by atoms with Crippen molar-refractivity contribution in [2.24, 2.45) is 5.92 Å². The second kappa shape index (κ2) is 7.09. The zero-order valence-corrected chi connectivity index (χ0v) is 13.4. The standard InChI is InChI=1S/C16H25FN2O2/c1-18-6-5-12(9-18)10-19(2)11-13-7-15(20-3)16(21-4)8-14(13)17/h7-8,12H,5-6,9-11H2,1-4H3. The lowest BCUT2D eigenvalue weighted by Gasteiger charge is -2.21. The molecule has 0 saturated carbocycles. The van der Waals surface area contributed by atoms with Gasteiger partial charge in [0, 0.05) is 31.3 Å². The number of likely N-dealkylation sites (tertiary alicyclic amines) is 1. The topological polar surface area (TPSA) is 24.9 Å². The summed E-state index contributed by atoms with van der Waals surface area (Å²) in [6.45, 7) is 3.84. The summed E-state index contributed by atoms with van der Waals surface area (Å²) in [6, 6.07) is 3.12. The molecule has 1 aliphatic heterocycles. The molecule has 0 aromatic heterocycles. The van der Waals surface area contributed by atoms with E-state index >= 15 is 0 Å². The molecule has 1 unspecified atom stereocenters. The Hall–Kier alpha value is -1.33. The number of benzene rings is 1. The fourth-order valence-corrected chi connectivity index (χ4v) is 2.99. The number of methoxy groups -OCH3 is 2. The molecule has 0 amide bonds. The molecule has 0 radical (unpaired) electrons. The minimum absolute atomic E-state index is 0.247. The van der Waals surface area contributed by atoms with Crippen LogP contribution in [-0.2, 0) is 6.54 Å². The number of hydrogen-bond acceptors (Lipinski definition) is 4. The van der Waals surface area contributed by atoms with Gasteiger partial charge in [0.05, 0.1) is 14.2 Å². The molecular formula is C16H25FN2O2. The lowest BCUT2D eigenvalue weighted by molar-refractivity contribution is 0.263. The van der Waals surface area contributed by atoms with E-state index in [1.165, 1.54) is 19.6 Å². The second-order valence-electron chi connectivity index (χ2n) is 5.91. The van der Waals surface area contributed by atoms with Crippen LogP contribution in [0, 0.1) is 11.7 Å². The Morgan fingerprint density at radius 1 is 1.29 bits per heavy atom. The van der Waals surface area contributed by atoms with Crippen LogP contribution >= 0.6 is 0 Å². The van der Waals surface area contributed by atoms with Gasteiger partial charge in [0.15, 0.2) is 11.5 Å². The van der Waals surface area contributed by atoms with E-state index in [1.54, 1.807) is 13.2 Å². The Morgan fingerprint density at radius 2 is 1.95 bits per heavy atom. The normalized spacial score (nSPS) is 19.2. The van der Waals surface area contributed by atoms with Crippen LogP contribution in [0.3, 0.4) is 0 Å². The maximum absolute atomic E-state index is 14.1. The van der Waals surface area contributed by atoms with Crippen molar-refractivity contribution >= 4 is 0 Å². The van der Waals surface area contributed by atoms with Crippen LogP contribution in [0.5, 0.6) is 11.5 Å². The van der Waals surface area contributed by atoms with Gasteiger partial charge in [-0.15, -0.1) is 0 Å². The molecule has 1 aromatic rings. The molecule has 1 saturated heterocycles. The van der Waals surface area contributed by atoms with Crippen LogP contribution in [0.4, 0.5) is 4.39 Å². The highest BCUT2D eigenvalue weighted by molar-refractivity contribution is 5.43. The minimum Gasteiger partial charge on any atom is -0.493 e. The van der Waals surface area contributed by atoms with E-state index in [1.807, 2.05) is 7.05 Å². The predicted molar refractivity (Wildman–Crippen MR) is 81.4 cm³/mol. The summed E-state index contributed by atoms with van der Waals surface area (Å²) in [5.74, 6) is 1.42. The summed E-state index contributed by atoms with van der Waals surface area (Å²) >= 11 is 0. The van der Waals surface area contributed by atoms with Crippen LogP contribution in [0.1, 0.15) is 12.0 Å². The molecule has 0 aliphatic carbocycles. The maximum Gasteiger partial charge on any atom is 0.163 e. The molecule has 21 heavy (non-hydrogen) atoms. The summed E-state index contributed by atoms with van der Waals surface area (Å²) < 4.78 is 24.5. The largest absolute Gasteiger partial charge is 0.493 e. The Bertz CT molecular complexity index is 482. The van der Waals surface area contributed by atoms with E-state index in [0.29, 0.717) is 29.5 Å². The van der Waals surface area contributed by atoms with Gasteiger partial charge in [-0.1, -0.05) is 0 Å². The van der Waals surface area contributed by atoms with E-state index in [-0.39, 0.29) is 5.82 Å². The zero-order valence-electron chi connectivity index (χ0n) is 13.4. The number of rotatable bonds is 6. The Balaban J connectivity index is 2.01. The molecule has 118 valence electrons. The number of ether oxygens (including phenoxy) is 2. The maximum atomic E-state index is 14.1. The first-order chi connectivity index (χ1) is 10.0. The van der Waals surface area contributed by atoms with Crippen molar-refractivity contribution < 1.29 is 13.9 Å². The highest BCUT2D eigenvalue weighted by atomic mass is 19.1. The third-order valence-electron chi connectivity index (χ3n) is 4.05. The number of halogens is 1. The van der Waals surface area contributed by atoms with Crippen LogP contribution in [-0.4, -0.2) is 57.7 Å². The average molecular weight is 296 g/mol. The van der Waals surface area contributed by atoms with Gasteiger partial charge in [0.25, 0.3) is 0 Å². The SMILES string of the molecule is COc1cc(F)c(CN(C)CC2CCN(C)C2)cc1OC. The van der Waals surface area contributed by atoms with Crippen LogP contribution in [0.15, 0.2) is 12.1 Å². The summed E-state index contributed by atoms with van der Waals surface area (Å²) in [5, 5.41) is 0. The van der Waals surface area contributed by atoms with E-state index in [0.717, 1.165) is 19.6 Å².